The van der Waals surface area contributed by atoms with Gasteiger partial charge >= 0.3 is 0 Å². The van der Waals surface area contributed by atoms with Gasteiger partial charge in [-0.1, -0.05) is 5.16 Å². The predicted octanol–water partition coefficient (Wildman–Crippen LogP) is 2.11. The van der Waals surface area contributed by atoms with E-state index in [2.05, 4.69) is 10.1 Å². The molecule has 2 heterocycles. The van der Waals surface area contributed by atoms with Gasteiger partial charge in [0.15, 0.2) is 0 Å². The van der Waals surface area contributed by atoms with Crippen molar-refractivity contribution < 1.29 is 9.26 Å². The van der Waals surface area contributed by atoms with Crippen LogP contribution in [0.25, 0.3) is 11.4 Å². The number of rotatable bonds is 2. The average molecular weight is 268 g/mol. The molecular weight excluding hydrogens is 254 g/mol. The first-order valence-electron chi connectivity index (χ1n) is 5.59. The van der Waals surface area contributed by atoms with Crippen molar-refractivity contribution in [1.82, 2.24) is 10.1 Å². The number of aromatic nitrogens is 2. The summed E-state index contributed by atoms with van der Waals surface area (Å²) in [7, 11) is 0. The number of halogens is 1. The summed E-state index contributed by atoms with van der Waals surface area (Å²) < 4.78 is 10.5. The molecule has 0 saturated heterocycles. The predicted molar refractivity (Wildman–Crippen MR) is 68.8 cm³/mol. The Kier molecular flexibility index (Phi) is 3.54. The fraction of sp³-hybridized carbons (Fsp3) is 0.333. The Labute approximate surface area is 111 Å². The van der Waals surface area contributed by atoms with E-state index in [-0.39, 0.29) is 18.4 Å². The molecule has 1 aliphatic rings. The van der Waals surface area contributed by atoms with Crippen molar-refractivity contribution in [3.8, 4) is 17.1 Å². The SMILES string of the molecule is C[C@H](N)c1nc(-c2ccc3c(c2)CCO3)no1.Cl. The molecule has 0 spiro atoms. The summed E-state index contributed by atoms with van der Waals surface area (Å²) in [6.45, 7) is 2.56. The van der Waals surface area contributed by atoms with Crippen molar-refractivity contribution >= 4 is 12.4 Å². The van der Waals surface area contributed by atoms with Crippen LogP contribution in [0.4, 0.5) is 0 Å². The van der Waals surface area contributed by atoms with E-state index in [1.165, 1.54) is 5.56 Å². The highest BCUT2D eigenvalue weighted by Crippen LogP contribution is 2.29. The number of nitrogens with zero attached hydrogens (tertiary/aromatic N) is 2. The van der Waals surface area contributed by atoms with Crippen molar-refractivity contribution in [2.24, 2.45) is 5.73 Å². The maximum Gasteiger partial charge on any atom is 0.243 e. The first kappa shape index (κ1) is 12.9. The third-order valence-electron chi connectivity index (χ3n) is 2.78. The van der Waals surface area contributed by atoms with Crippen LogP contribution >= 0.6 is 12.4 Å². The van der Waals surface area contributed by atoms with Gasteiger partial charge in [0.1, 0.15) is 5.75 Å². The average Bonchev–Trinajstić information content (AvgIpc) is 2.97. The van der Waals surface area contributed by atoms with Gasteiger partial charge in [0.2, 0.25) is 11.7 Å². The standard InChI is InChI=1S/C12H13N3O2.ClH/c1-7(13)12-14-11(15-17-12)9-2-3-10-8(6-9)4-5-16-10;/h2-3,6-7H,4-5,13H2,1H3;1H/t7-;/m0./s1. The summed E-state index contributed by atoms with van der Waals surface area (Å²) in [4.78, 5) is 4.26. The van der Waals surface area contributed by atoms with Gasteiger partial charge in [0.25, 0.3) is 0 Å². The van der Waals surface area contributed by atoms with Gasteiger partial charge < -0.3 is 15.0 Å². The number of fused-ring (bicyclic) bond motifs is 1. The van der Waals surface area contributed by atoms with Crippen molar-refractivity contribution in [3.05, 3.63) is 29.7 Å². The molecule has 5 nitrogen and oxygen atoms in total. The van der Waals surface area contributed by atoms with E-state index in [0.717, 1.165) is 24.3 Å². The maximum absolute atomic E-state index is 5.68. The van der Waals surface area contributed by atoms with E-state index >= 15 is 0 Å². The smallest absolute Gasteiger partial charge is 0.243 e. The third-order valence-corrected chi connectivity index (χ3v) is 2.78. The Morgan fingerprint density at radius 3 is 2.94 bits per heavy atom. The second-order valence-corrected chi connectivity index (χ2v) is 4.17. The quantitative estimate of drug-likeness (QED) is 0.902. The Morgan fingerprint density at radius 1 is 1.39 bits per heavy atom. The normalized spacial score (nSPS) is 14.6. The summed E-state index contributed by atoms with van der Waals surface area (Å²) in [5, 5.41) is 3.93. The highest BCUT2D eigenvalue weighted by Gasteiger charge is 2.16. The Balaban J connectivity index is 0.00000120. The Morgan fingerprint density at radius 2 is 2.22 bits per heavy atom. The number of nitrogens with two attached hydrogens (primary N) is 1. The third kappa shape index (κ3) is 2.19. The minimum absolute atomic E-state index is 0. The molecule has 2 aromatic rings. The van der Waals surface area contributed by atoms with Gasteiger partial charge in [-0.25, -0.2) is 0 Å². The summed E-state index contributed by atoms with van der Waals surface area (Å²) in [6, 6.07) is 5.67. The molecule has 1 aliphatic heterocycles. The molecule has 96 valence electrons. The lowest BCUT2D eigenvalue weighted by molar-refractivity contribution is 0.357. The van der Waals surface area contributed by atoms with Crippen LogP contribution in [0.2, 0.25) is 0 Å². The summed E-state index contributed by atoms with van der Waals surface area (Å²) in [5.41, 5.74) is 7.80. The van der Waals surface area contributed by atoms with Crippen molar-refractivity contribution in [3.63, 3.8) is 0 Å². The van der Waals surface area contributed by atoms with Crippen LogP contribution in [0.5, 0.6) is 5.75 Å². The second-order valence-electron chi connectivity index (χ2n) is 4.17. The fourth-order valence-corrected chi connectivity index (χ4v) is 1.86. The highest BCUT2D eigenvalue weighted by molar-refractivity contribution is 5.85. The summed E-state index contributed by atoms with van der Waals surface area (Å²) in [6.07, 6.45) is 0.932. The molecule has 0 unspecified atom stereocenters. The highest BCUT2D eigenvalue weighted by atomic mass is 35.5. The van der Waals surface area contributed by atoms with Gasteiger partial charge in [-0.15, -0.1) is 12.4 Å². The summed E-state index contributed by atoms with van der Waals surface area (Å²) >= 11 is 0. The lowest BCUT2D eigenvalue weighted by atomic mass is 10.1. The van der Waals surface area contributed by atoms with Crippen LogP contribution in [-0.4, -0.2) is 16.7 Å². The van der Waals surface area contributed by atoms with Gasteiger partial charge in [0, 0.05) is 12.0 Å². The monoisotopic (exact) mass is 267 g/mol. The molecule has 18 heavy (non-hydrogen) atoms. The molecule has 3 rings (SSSR count). The molecule has 0 aliphatic carbocycles. The Bertz CT molecular complexity index is 554. The maximum atomic E-state index is 5.68. The first-order chi connectivity index (χ1) is 8.24. The van der Waals surface area contributed by atoms with Gasteiger partial charge in [0.05, 0.1) is 12.6 Å². The van der Waals surface area contributed by atoms with Crippen molar-refractivity contribution in [2.75, 3.05) is 6.61 Å². The van der Waals surface area contributed by atoms with Crippen molar-refractivity contribution in [2.45, 2.75) is 19.4 Å². The molecule has 0 bridgehead atoms. The lowest BCUT2D eigenvalue weighted by Gasteiger charge is -1.99. The molecule has 0 amide bonds. The van der Waals surface area contributed by atoms with Crippen LogP contribution in [0.1, 0.15) is 24.4 Å². The van der Waals surface area contributed by atoms with E-state index in [1.807, 2.05) is 25.1 Å². The number of benzene rings is 1. The first-order valence-corrected chi connectivity index (χ1v) is 5.59. The largest absolute Gasteiger partial charge is 0.493 e. The Hall–Kier alpha value is -1.59. The molecule has 0 saturated carbocycles. The zero-order valence-corrected chi connectivity index (χ0v) is 10.7. The number of hydrogen-bond acceptors (Lipinski definition) is 5. The van der Waals surface area contributed by atoms with Crippen LogP contribution < -0.4 is 10.5 Å². The molecule has 2 N–H and O–H groups in total. The van der Waals surface area contributed by atoms with Crippen LogP contribution in [-0.2, 0) is 6.42 Å². The molecular formula is C12H14ClN3O2. The second kappa shape index (κ2) is 4.96. The molecule has 1 aromatic heterocycles. The number of ether oxygens (including phenoxy) is 1. The van der Waals surface area contributed by atoms with E-state index in [1.54, 1.807) is 0 Å². The van der Waals surface area contributed by atoms with Gasteiger partial charge in [-0.3, -0.25) is 0 Å². The minimum atomic E-state index is -0.242. The number of hydrogen-bond donors (Lipinski definition) is 1. The molecule has 1 aromatic carbocycles. The van der Waals surface area contributed by atoms with E-state index in [4.69, 9.17) is 15.0 Å². The molecule has 1 atom stereocenters. The lowest BCUT2D eigenvalue weighted by Crippen LogP contribution is -2.04. The minimum Gasteiger partial charge on any atom is -0.493 e. The van der Waals surface area contributed by atoms with Crippen LogP contribution in [0.15, 0.2) is 22.7 Å². The van der Waals surface area contributed by atoms with E-state index < -0.39 is 0 Å². The summed E-state index contributed by atoms with van der Waals surface area (Å²) in [5.74, 6) is 1.98. The van der Waals surface area contributed by atoms with Crippen LogP contribution in [0.3, 0.4) is 0 Å². The molecule has 6 heteroatoms. The zero-order chi connectivity index (χ0) is 11.8. The van der Waals surface area contributed by atoms with Crippen molar-refractivity contribution in [1.29, 1.82) is 0 Å². The molecule has 0 radical (unpaired) electrons. The van der Waals surface area contributed by atoms with Crippen LogP contribution in [0, 0.1) is 0 Å². The van der Waals surface area contributed by atoms with Gasteiger partial charge in [-0.05, 0) is 30.7 Å². The van der Waals surface area contributed by atoms with E-state index in [9.17, 15) is 0 Å². The van der Waals surface area contributed by atoms with E-state index in [0.29, 0.717) is 11.7 Å². The fourth-order valence-electron chi connectivity index (χ4n) is 1.86. The van der Waals surface area contributed by atoms with Gasteiger partial charge in [-0.2, -0.15) is 4.98 Å². The zero-order valence-electron chi connectivity index (χ0n) is 9.92. The molecule has 0 fully saturated rings. The topological polar surface area (TPSA) is 74.2 Å².